The fourth-order valence-electron chi connectivity index (χ4n) is 4.46. The highest BCUT2D eigenvalue weighted by atomic mass is 32.1. The lowest BCUT2D eigenvalue weighted by molar-refractivity contribution is 0.0904. The number of aromatic nitrogens is 1. The van der Waals surface area contributed by atoms with Crippen molar-refractivity contribution in [2.24, 2.45) is 0 Å². The van der Waals surface area contributed by atoms with Crippen molar-refractivity contribution in [2.45, 2.75) is 53.2 Å². The number of nitrogens with zero attached hydrogens (tertiary/aromatic N) is 1. The summed E-state index contributed by atoms with van der Waals surface area (Å²) in [6.07, 6.45) is 2.19. The van der Waals surface area contributed by atoms with Crippen LogP contribution in [-0.2, 0) is 11.3 Å². The SMILES string of the molecule is Cc1ccc(NC(=S)N(Cc2cc3cc(C)cc(C)c3[nH]c2=O)CC2CCCO2)c(C)c1. The number of hydrogen-bond acceptors (Lipinski definition) is 3. The highest BCUT2D eigenvalue weighted by Gasteiger charge is 2.22. The van der Waals surface area contributed by atoms with E-state index in [1.54, 1.807) is 0 Å². The van der Waals surface area contributed by atoms with Gasteiger partial charge in [-0.05, 0) is 87.5 Å². The third-order valence-electron chi connectivity index (χ3n) is 6.09. The molecule has 2 N–H and O–H groups in total. The fourth-order valence-corrected chi connectivity index (χ4v) is 4.71. The molecule has 2 heterocycles. The lowest BCUT2D eigenvalue weighted by atomic mass is 10.1. The molecule has 0 bridgehead atoms. The van der Waals surface area contributed by atoms with Gasteiger partial charge in [0, 0.05) is 24.4 Å². The molecule has 1 atom stereocenters. The zero-order valence-electron chi connectivity index (χ0n) is 19.2. The Morgan fingerprint density at radius 1 is 1.12 bits per heavy atom. The van der Waals surface area contributed by atoms with Gasteiger partial charge in [-0.15, -0.1) is 0 Å². The number of hydrogen-bond donors (Lipinski definition) is 2. The average molecular weight is 450 g/mol. The van der Waals surface area contributed by atoms with E-state index in [1.807, 2.05) is 13.0 Å². The topological polar surface area (TPSA) is 57.4 Å². The van der Waals surface area contributed by atoms with Gasteiger partial charge in [0.1, 0.15) is 0 Å². The second-order valence-electron chi connectivity index (χ2n) is 8.93. The minimum absolute atomic E-state index is 0.0730. The van der Waals surface area contributed by atoms with Crippen LogP contribution >= 0.6 is 12.2 Å². The Kier molecular flexibility index (Phi) is 6.63. The molecule has 2 aromatic carbocycles. The van der Waals surface area contributed by atoms with Crippen molar-refractivity contribution >= 4 is 33.9 Å². The molecule has 6 heteroatoms. The summed E-state index contributed by atoms with van der Waals surface area (Å²) in [5.74, 6) is 0. The summed E-state index contributed by atoms with van der Waals surface area (Å²) in [5, 5.41) is 5.04. The number of pyridine rings is 1. The fraction of sp³-hybridized carbons (Fsp3) is 0.385. The number of benzene rings is 2. The van der Waals surface area contributed by atoms with Gasteiger partial charge in [-0.3, -0.25) is 4.79 Å². The quantitative estimate of drug-likeness (QED) is 0.528. The molecule has 168 valence electrons. The van der Waals surface area contributed by atoms with Crippen LogP contribution in [0.1, 0.15) is 40.7 Å². The van der Waals surface area contributed by atoms with Gasteiger partial charge in [-0.25, -0.2) is 0 Å². The van der Waals surface area contributed by atoms with Gasteiger partial charge < -0.3 is 19.9 Å². The number of rotatable bonds is 5. The standard InChI is InChI=1S/C26H31N3O2S/c1-16-7-8-23(18(3)10-16)27-26(32)29(15-22-6-5-9-31-22)14-21-13-20-12-17(2)11-19(4)24(20)28-25(21)30/h7-8,10-13,22H,5-6,9,14-15H2,1-4H3,(H,27,32)(H,28,30). The van der Waals surface area contributed by atoms with E-state index < -0.39 is 0 Å². The number of fused-ring (bicyclic) bond motifs is 1. The van der Waals surface area contributed by atoms with E-state index in [0.29, 0.717) is 23.8 Å². The summed E-state index contributed by atoms with van der Waals surface area (Å²) in [7, 11) is 0. The molecule has 0 spiro atoms. The first-order valence-electron chi connectivity index (χ1n) is 11.2. The van der Waals surface area contributed by atoms with E-state index in [2.05, 4.69) is 66.3 Å². The second kappa shape index (κ2) is 9.43. The molecule has 1 aliphatic rings. The highest BCUT2D eigenvalue weighted by Crippen LogP contribution is 2.21. The Morgan fingerprint density at radius 3 is 2.62 bits per heavy atom. The molecule has 0 saturated carbocycles. The predicted octanol–water partition coefficient (Wildman–Crippen LogP) is 5.14. The van der Waals surface area contributed by atoms with Crippen molar-refractivity contribution in [3.63, 3.8) is 0 Å². The lowest BCUT2D eigenvalue weighted by Crippen LogP contribution is -2.40. The molecular formula is C26H31N3O2S. The minimum atomic E-state index is -0.0730. The summed E-state index contributed by atoms with van der Waals surface area (Å²) >= 11 is 5.81. The lowest BCUT2D eigenvalue weighted by Gasteiger charge is -2.28. The summed E-state index contributed by atoms with van der Waals surface area (Å²) in [5.41, 5.74) is 7.11. The number of H-pyrrole nitrogens is 1. The molecule has 4 rings (SSSR count). The summed E-state index contributed by atoms with van der Waals surface area (Å²) in [4.78, 5) is 18.1. The molecule has 0 amide bonds. The predicted molar refractivity (Wildman–Crippen MR) is 136 cm³/mol. The molecule has 5 nitrogen and oxygen atoms in total. The molecule has 1 unspecified atom stereocenters. The normalized spacial score (nSPS) is 15.8. The Bertz CT molecular complexity index is 1210. The molecule has 32 heavy (non-hydrogen) atoms. The van der Waals surface area contributed by atoms with Crippen LogP contribution in [0, 0.1) is 27.7 Å². The van der Waals surface area contributed by atoms with Gasteiger partial charge in [0.05, 0.1) is 18.2 Å². The zero-order chi connectivity index (χ0) is 22.8. The maximum absolute atomic E-state index is 12.9. The maximum Gasteiger partial charge on any atom is 0.253 e. The van der Waals surface area contributed by atoms with E-state index in [4.69, 9.17) is 17.0 Å². The van der Waals surface area contributed by atoms with Crippen molar-refractivity contribution in [1.82, 2.24) is 9.88 Å². The smallest absolute Gasteiger partial charge is 0.253 e. The third-order valence-corrected chi connectivity index (χ3v) is 6.45. The Hall–Kier alpha value is -2.70. The van der Waals surface area contributed by atoms with Crippen LogP contribution in [0.25, 0.3) is 10.9 Å². The molecular weight excluding hydrogens is 418 g/mol. The van der Waals surface area contributed by atoms with Crippen LogP contribution in [-0.4, -0.2) is 34.3 Å². The van der Waals surface area contributed by atoms with Crippen LogP contribution < -0.4 is 10.9 Å². The van der Waals surface area contributed by atoms with E-state index >= 15 is 0 Å². The molecule has 1 aliphatic heterocycles. The van der Waals surface area contributed by atoms with Crippen molar-refractivity contribution in [3.8, 4) is 0 Å². The summed E-state index contributed by atoms with van der Waals surface area (Å²) in [6, 6.07) is 12.4. The first-order chi connectivity index (χ1) is 15.3. The van der Waals surface area contributed by atoms with Crippen molar-refractivity contribution in [3.05, 3.63) is 74.6 Å². The summed E-state index contributed by atoms with van der Waals surface area (Å²) in [6.45, 7) is 10.1. The second-order valence-corrected chi connectivity index (χ2v) is 9.32. The number of thiocarbonyl (C=S) groups is 1. The van der Waals surface area contributed by atoms with E-state index in [0.717, 1.165) is 47.2 Å². The van der Waals surface area contributed by atoms with Crippen LogP contribution in [0.15, 0.2) is 41.2 Å². The van der Waals surface area contributed by atoms with Crippen LogP contribution in [0.2, 0.25) is 0 Å². The van der Waals surface area contributed by atoms with Gasteiger partial charge in [0.25, 0.3) is 5.56 Å². The third kappa shape index (κ3) is 5.03. The number of aryl methyl sites for hydroxylation is 4. The van der Waals surface area contributed by atoms with Crippen molar-refractivity contribution in [1.29, 1.82) is 0 Å². The molecule has 1 saturated heterocycles. The Morgan fingerprint density at radius 2 is 1.91 bits per heavy atom. The largest absolute Gasteiger partial charge is 0.376 e. The zero-order valence-corrected chi connectivity index (χ0v) is 20.1. The number of anilines is 1. The minimum Gasteiger partial charge on any atom is -0.376 e. The number of aromatic amines is 1. The maximum atomic E-state index is 12.9. The molecule has 1 aromatic heterocycles. The molecule has 0 aliphatic carbocycles. The first-order valence-corrected chi connectivity index (χ1v) is 11.6. The van der Waals surface area contributed by atoms with E-state index in [9.17, 15) is 4.79 Å². The van der Waals surface area contributed by atoms with Gasteiger partial charge in [0.15, 0.2) is 5.11 Å². The molecule has 1 fully saturated rings. The molecule has 3 aromatic rings. The van der Waals surface area contributed by atoms with Crippen LogP contribution in [0.4, 0.5) is 5.69 Å². The van der Waals surface area contributed by atoms with Gasteiger partial charge in [-0.1, -0.05) is 29.3 Å². The molecule has 0 radical (unpaired) electrons. The van der Waals surface area contributed by atoms with E-state index in [1.165, 1.54) is 11.1 Å². The Labute approximate surface area is 194 Å². The van der Waals surface area contributed by atoms with Crippen LogP contribution in [0.5, 0.6) is 0 Å². The van der Waals surface area contributed by atoms with Crippen LogP contribution in [0.3, 0.4) is 0 Å². The summed E-state index contributed by atoms with van der Waals surface area (Å²) < 4.78 is 5.88. The first kappa shape index (κ1) is 22.5. The van der Waals surface area contributed by atoms with Crippen molar-refractivity contribution in [2.75, 3.05) is 18.5 Å². The number of nitrogens with one attached hydrogen (secondary N) is 2. The Balaban J connectivity index is 1.63. The van der Waals surface area contributed by atoms with E-state index in [-0.39, 0.29) is 11.7 Å². The van der Waals surface area contributed by atoms with Crippen molar-refractivity contribution < 1.29 is 4.74 Å². The number of ether oxygens (including phenoxy) is 1. The average Bonchev–Trinajstić information content (AvgIpc) is 3.24. The monoisotopic (exact) mass is 449 g/mol. The highest BCUT2D eigenvalue weighted by molar-refractivity contribution is 7.80. The van der Waals surface area contributed by atoms with Gasteiger partial charge in [-0.2, -0.15) is 0 Å². The van der Waals surface area contributed by atoms with Gasteiger partial charge >= 0.3 is 0 Å². The van der Waals surface area contributed by atoms with Gasteiger partial charge in [0.2, 0.25) is 0 Å².